The molecule has 0 aliphatic rings. The number of benzene rings is 2. The van der Waals surface area contributed by atoms with Gasteiger partial charge in [0.15, 0.2) is 0 Å². The highest BCUT2D eigenvalue weighted by Gasteiger charge is 2.16. The summed E-state index contributed by atoms with van der Waals surface area (Å²) in [5.41, 5.74) is 1.49. The van der Waals surface area contributed by atoms with Gasteiger partial charge in [-0.05, 0) is 18.2 Å². The maximum atomic E-state index is 8.96. The third-order valence-corrected chi connectivity index (χ3v) is 3.96. The Morgan fingerprint density at radius 2 is 1.50 bits per heavy atom. The van der Waals surface area contributed by atoms with Crippen molar-refractivity contribution in [3.8, 4) is 17.2 Å². The van der Waals surface area contributed by atoms with Gasteiger partial charge >= 0.3 is 0 Å². The highest BCUT2D eigenvalue weighted by atomic mass is 35.5. The first-order valence-corrected chi connectivity index (χ1v) is 6.40. The summed E-state index contributed by atoms with van der Waals surface area (Å²) >= 11 is 24.4. The molecule has 0 N–H and O–H groups in total. The van der Waals surface area contributed by atoms with Crippen LogP contribution in [0.25, 0.3) is 11.1 Å². The zero-order chi connectivity index (χ0) is 13.3. The van der Waals surface area contributed by atoms with Gasteiger partial charge in [0.25, 0.3) is 0 Å². The molecule has 0 aromatic heterocycles. The predicted octanol–water partition coefficient (Wildman–Crippen LogP) is 5.84. The lowest BCUT2D eigenvalue weighted by molar-refractivity contribution is 1.48. The molecule has 0 bridgehead atoms. The first-order valence-electron chi connectivity index (χ1n) is 4.88. The summed E-state index contributed by atoms with van der Waals surface area (Å²) in [5, 5.41) is 10.4. The molecule has 0 spiro atoms. The fraction of sp³-hybridized carbons (Fsp3) is 0. The molecule has 90 valence electrons. The Labute approximate surface area is 124 Å². The van der Waals surface area contributed by atoms with Crippen LogP contribution in [-0.4, -0.2) is 0 Å². The van der Waals surface area contributed by atoms with Crippen molar-refractivity contribution in [3.05, 3.63) is 56.0 Å². The summed E-state index contributed by atoms with van der Waals surface area (Å²) in [6.45, 7) is 0. The highest BCUT2D eigenvalue weighted by molar-refractivity contribution is 6.47. The smallest absolute Gasteiger partial charge is 0.101 e. The van der Waals surface area contributed by atoms with Crippen LogP contribution in [0.15, 0.2) is 30.3 Å². The molecular weight excluding hydrogens is 312 g/mol. The molecule has 0 unspecified atom stereocenters. The van der Waals surface area contributed by atoms with Crippen LogP contribution in [0.2, 0.25) is 20.1 Å². The van der Waals surface area contributed by atoms with E-state index in [1.165, 1.54) is 0 Å². The van der Waals surface area contributed by atoms with E-state index >= 15 is 0 Å². The van der Waals surface area contributed by atoms with E-state index in [2.05, 4.69) is 0 Å². The van der Waals surface area contributed by atoms with E-state index in [9.17, 15) is 0 Å². The van der Waals surface area contributed by atoms with Crippen molar-refractivity contribution >= 4 is 46.4 Å². The minimum absolute atomic E-state index is 0.311. The third kappa shape index (κ3) is 2.30. The lowest BCUT2D eigenvalue weighted by Crippen LogP contribution is -1.87. The Hall–Kier alpha value is -0.910. The number of nitriles is 1. The molecule has 0 aliphatic heterocycles. The number of hydrogen-bond donors (Lipinski definition) is 0. The van der Waals surface area contributed by atoms with E-state index in [0.29, 0.717) is 36.8 Å². The molecule has 0 radical (unpaired) electrons. The minimum atomic E-state index is 0.311. The second-order valence-electron chi connectivity index (χ2n) is 3.50. The predicted molar refractivity (Wildman–Crippen MR) is 76.6 cm³/mol. The fourth-order valence-corrected chi connectivity index (χ4v) is 2.58. The van der Waals surface area contributed by atoms with Gasteiger partial charge in [-0.15, -0.1) is 0 Å². The van der Waals surface area contributed by atoms with Crippen LogP contribution in [-0.2, 0) is 0 Å². The Bertz CT molecular complexity index is 659. The van der Waals surface area contributed by atoms with Gasteiger partial charge < -0.3 is 0 Å². The SMILES string of the molecule is N#Cc1cccc(-c2c(Cl)ccc(Cl)c2Cl)c1Cl. The first kappa shape index (κ1) is 13.5. The van der Waals surface area contributed by atoms with Crippen molar-refractivity contribution in [1.29, 1.82) is 5.26 Å². The van der Waals surface area contributed by atoms with Crippen molar-refractivity contribution in [3.63, 3.8) is 0 Å². The van der Waals surface area contributed by atoms with Crippen molar-refractivity contribution in [2.24, 2.45) is 0 Å². The van der Waals surface area contributed by atoms with Crippen LogP contribution in [0.1, 0.15) is 5.56 Å². The molecule has 2 aromatic rings. The zero-order valence-electron chi connectivity index (χ0n) is 8.85. The van der Waals surface area contributed by atoms with Crippen LogP contribution in [0, 0.1) is 11.3 Å². The van der Waals surface area contributed by atoms with Crippen molar-refractivity contribution in [1.82, 2.24) is 0 Å². The lowest BCUT2D eigenvalue weighted by Gasteiger charge is -2.11. The minimum Gasteiger partial charge on any atom is -0.192 e. The molecular formula is C13H5Cl4N. The summed E-state index contributed by atoms with van der Waals surface area (Å²) < 4.78 is 0. The highest BCUT2D eigenvalue weighted by Crippen LogP contribution is 2.42. The molecule has 2 rings (SSSR count). The topological polar surface area (TPSA) is 23.8 Å². The number of rotatable bonds is 1. The number of halogens is 4. The van der Waals surface area contributed by atoms with Gasteiger partial charge in [0, 0.05) is 11.1 Å². The van der Waals surface area contributed by atoms with E-state index in [-0.39, 0.29) is 0 Å². The molecule has 0 saturated heterocycles. The molecule has 1 nitrogen and oxygen atoms in total. The lowest BCUT2D eigenvalue weighted by atomic mass is 10.0. The van der Waals surface area contributed by atoms with Gasteiger partial charge in [-0.2, -0.15) is 5.26 Å². The van der Waals surface area contributed by atoms with Crippen molar-refractivity contribution in [2.45, 2.75) is 0 Å². The van der Waals surface area contributed by atoms with Gasteiger partial charge in [0.2, 0.25) is 0 Å². The van der Waals surface area contributed by atoms with Gasteiger partial charge in [0.1, 0.15) is 6.07 Å². The average molecular weight is 317 g/mol. The van der Waals surface area contributed by atoms with Crippen LogP contribution in [0.5, 0.6) is 0 Å². The maximum absolute atomic E-state index is 8.96. The summed E-state index contributed by atoms with van der Waals surface area (Å²) in [6, 6.07) is 10.3. The Morgan fingerprint density at radius 1 is 0.833 bits per heavy atom. The van der Waals surface area contributed by atoms with Crippen LogP contribution in [0.4, 0.5) is 0 Å². The average Bonchev–Trinajstić information content (AvgIpc) is 2.36. The van der Waals surface area contributed by atoms with Gasteiger partial charge in [-0.25, -0.2) is 0 Å². The number of nitrogens with zero attached hydrogens (tertiary/aromatic N) is 1. The van der Waals surface area contributed by atoms with E-state index < -0.39 is 0 Å². The van der Waals surface area contributed by atoms with Gasteiger partial charge in [-0.3, -0.25) is 0 Å². The van der Waals surface area contributed by atoms with Crippen LogP contribution >= 0.6 is 46.4 Å². The molecule has 0 fully saturated rings. The van der Waals surface area contributed by atoms with E-state index in [1.807, 2.05) is 6.07 Å². The van der Waals surface area contributed by atoms with Gasteiger partial charge in [0.05, 0.1) is 25.7 Å². The first-order chi connectivity index (χ1) is 8.56. The molecule has 0 atom stereocenters. The maximum Gasteiger partial charge on any atom is 0.101 e. The second-order valence-corrected chi connectivity index (χ2v) is 5.07. The standard InChI is InChI=1S/C13H5Cl4N/c14-9-4-5-10(15)13(17)11(9)8-3-1-2-7(6-18)12(8)16/h1-5H. The second kappa shape index (κ2) is 5.38. The fourth-order valence-electron chi connectivity index (χ4n) is 1.59. The molecule has 5 heteroatoms. The quantitative estimate of drug-likeness (QED) is 0.606. The van der Waals surface area contributed by atoms with Crippen LogP contribution in [0.3, 0.4) is 0 Å². The largest absolute Gasteiger partial charge is 0.192 e. The molecule has 0 amide bonds. The molecule has 0 saturated carbocycles. The molecule has 18 heavy (non-hydrogen) atoms. The Morgan fingerprint density at radius 3 is 2.17 bits per heavy atom. The van der Waals surface area contributed by atoms with Crippen molar-refractivity contribution < 1.29 is 0 Å². The summed E-state index contributed by atoms with van der Waals surface area (Å²) in [6.07, 6.45) is 0. The van der Waals surface area contributed by atoms with E-state index in [4.69, 9.17) is 51.7 Å². The van der Waals surface area contributed by atoms with E-state index in [0.717, 1.165) is 0 Å². The summed E-state index contributed by atoms with van der Waals surface area (Å²) in [5.74, 6) is 0. The third-order valence-electron chi connectivity index (χ3n) is 2.43. The van der Waals surface area contributed by atoms with Crippen LogP contribution < -0.4 is 0 Å². The zero-order valence-corrected chi connectivity index (χ0v) is 11.9. The Balaban J connectivity index is 2.79. The van der Waals surface area contributed by atoms with Gasteiger partial charge in [-0.1, -0.05) is 58.5 Å². The Kier molecular flexibility index (Phi) is 4.04. The normalized spacial score (nSPS) is 10.2. The monoisotopic (exact) mass is 315 g/mol. The van der Waals surface area contributed by atoms with E-state index in [1.54, 1.807) is 30.3 Å². The summed E-state index contributed by atoms with van der Waals surface area (Å²) in [7, 11) is 0. The van der Waals surface area contributed by atoms with Crippen molar-refractivity contribution in [2.75, 3.05) is 0 Å². The molecule has 2 aromatic carbocycles. The number of hydrogen-bond acceptors (Lipinski definition) is 1. The molecule has 0 heterocycles. The summed E-state index contributed by atoms with van der Waals surface area (Å²) in [4.78, 5) is 0. The molecule has 0 aliphatic carbocycles.